The van der Waals surface area contributed by atoms with E-state index in [4.69, 9.17) is 0 Å². The molecule has 0 atom stereocenters. The monoisotopic (exact) mass is 376 g/mol. The summed E-state index contributed by atoms with van der Waals surface area (Å²) in [5, 5.41) is 3.03. The second-order valence-electron chi connectivity index (χ2n) is 6.58. The summed E-state index contributed by atoms with van der Waals surface area (Å²) in [5.41, 5.74) is 1.18. The van der Waals surface area contributed by atoms with Crippen molar-refractivity contribution in [1.82, 2.24) is 19.2 Å². The predicted octanol–water partition coefficient (Wildman–Crippen LogP) is 1.18. The number of nitrogens with one attached hydrogen (secondary N) is 1. The Kier molecular flexibility index (Phi) is 5.73. The molecule has 1 saturated heterocycles. The summed E-state index contributed by atoms with van der Waals surface area (Å²) in [6.45, 7) is 1.28. The summed E-state index contributed by atoms with van der Waals surface area (Å²) in [7, 11) is -1.84. The van der Waals surface area contributed by atoms with Crippen LogP contribution in [0.25, 0.3) is 0 Å². The molecule has 0 spiro atoms. The van der Waals surface area contributed by atoms with Crippen molar-refractivity contribution in [3.63, 3.8) is 0 Å². The maximum atomic E-state index is 12.6. The van der Waals surface area contributed by atoms with Crippen LogP contribution in [0.4, 0.5) is 0 Å². The van der Waals surface area contributed by atoms with Gasteiger partial charge in [-0.2, -0.15) is 4.31 Å². The second-order valence-corrected chi connectivity index (χ2v) is 8.47. The zero-order valence-corrected chi connectivity index (χ0v) is 15.7. The van der Waals surface area contributed by atoms with Crippen LogP contribution in [0.2, 0.25) is 0 Å². The highest BCUT2D eigenvalue weighted by Gasteiger charge is 2.33. The van der Waals surface area contributed by atoms with Crippen LogP contribution in [0.15, 0.2) is 47.9 Å². The number of piperidine rings is 1. The molecule has 0 saturated carbocycles. The van der Waals surface area contributed by atoms with E-state index >= 15 is 0 Å². The normalized spacial score (nSPS) is 16.5. The molecule has 26 heavy (non-hydrogen) atoms. The first-order valence-electron chi connectivity index (χ1n) is 8.76. The summed E-state index contributed by atoms with van der Waals surface area (Å²) < 4.78 is 28.1. The van der Waals surface area contributed by atoms with Crippen LogP contribution < -0.4 is 5.32 Å². The molecule has 1 N–H and O–H groups in total. The highest BCUT2D eigenvalue weighted by molar-refractivity contribution is 7.89. The Morgan fingerprint density at radius 1 is 1.23 bits per heavy atom. The SMILES string of the molecule is Cn1cnc(S(=O)(=O)N2CCC(C(=O)NCCc3ccccc3)CC2)c1. The van der Waals surface area contributed by atoms with E-state index in [1.54, 1.807) is 11.6 Å². The topological polar surface area (TPSA) is 84.3 Å². The van der Waals surface area contributed by atoms with E-state index in [2.05, 4.69) is 10.3 Å². The minimum atomic E-state index is -3.57. The fourth-order valence-electron chi connectivity index (χ4n) is 3.13. The van der Waals surface area contributed by atoms with Gasteiger partial charge < -0.3 is 9.88 Å². The number of sulfonamides is 1. The number of hydrogen-bond acceptors (Lipinski definition) is 4. The van der Waals surface area contributed by atoms with Crippen LogP contribution >= 0.6 is 0 Å². The average Bonchev–Trinajstić information content (AvgIpc) is 3.10. The third-order valence-corrected chi connectivity index (χ3v) is 6.45. The first-order valence-corrected chi connectivity index (χ1v) is 10.2. The van der Waals surface area contributed by atoms with E-state index in [1.807, 2.05) is 30.3 Å². The van der Waals surface area contributed by atoms with Crippen LogP contribution in [-0.2, 0) is 28.3 Å². The fraction of sp³-hybridized carbons (Fsp3) is 0.444. The van der Waals surface area contributed by atoms with E-state index in [-0.39, 0.29) is 16.9 Å². The molecule has 140 valence electrons. The van der Waals surface area contributed by atoms with Crippen molar-refractivity contribution < 1.29 is 13.2 Å². The maximum Gasteiger partial charge on any atom is 0.262 e. The molecule has 1 amide bonds. The number of aryl methyl sites for hydroxylation is 1. The van der Waals surface area contributed by atoms with Crippen molar-refractivity contribution in [3.05, 3.63) is 48.4 Å². The van der Waals surface area contributed by atoms with Gasteiger partial charge in [-0.15, -0.1) is 0 Å². The Labute approximate surface area is 154 Å². The Bertz CT molecular complexity index is 840. The van der Waals surface area contributed by atoms with Gasteiger partial charge in [0.2, 0.25) is 5.91 Å². The molecule has 0 radical (unpaired) electrons. The first kappa shape index (κ1) is 18.6. The van der Waals surface area contributed by atoms with Crippen LogP contribution in [-0.4, -0.2) is 47.8 Å². The number of nitrogens with zero attached hydrogens (tertiary/aromatic N) is 3. The zero-order chi connectivity index (χ0) is 18.6. The predicted molar refractivity (Wildman–Crippen MR) is 97.8 cm³/mol. The quantitative estimate of drug-likeness (QED) is 0.820. The van der Waals surface area contributed by atoms with Crippen LogP contribution in [0.1, 0.15) is 18.4 Å². The van der Waals surface area contributed by atoms with E-state index in [1.165, 1.54) is 22.4 Å². The van der Waals surface area contributed by atoms with Gasteiger partial charge in [0.25, 0.3) is 10.0 Å². The van der Waals surface area contributed by atoms with Gasteiger partial charge in [-0.1, -0.05) is 30.3 Å². The number of benzene rings is 1. The first-order chi connectivity index (χ1) is 12.5. The van der Waals surface area contributed by atoms with Crippen LogP contribution in [0.3, 0.4) is 0 Å². The van der Waals surface area contributed by atoms with Crippen molar-refractivity contribution in [1.29, 1.82) is 0 Å². The summed E-state index contributed by atoms with van der Waals surface area (Å²) in [4.78, 5) is 16.3. The molecule has 3 rings (SSSR count). The lowest BCUT2D eigenvalue weighted by Crippen LogP contribution is -2.43. The Morgan fingerprint density at radius 3 is 2.54 bits per heavy atom. The molecule has 1 aliphatic rings. The van der Waals surface area contributed by atoms with Gasteiger partial charge in [-0.05, 0) is 24.8 Å². The lowest BCUT2D eigenvalue weighted by atomic mass is 9.97. The van der Waals surface area contributed by atoms with Gasteiger partial charge in [0.1, 0.15) is 0 Å². The largest absolute Gasteiger partial charge is 0.356 e. The molecule has 1 aromatic heterocycles. The number of imidazole rings is 1. The van der Waals surface area contributed by atoms with Crippen LogP contribution in [0, 0.1) is 5.92 Å². The molecular formula is C18H24N4O3S. The minimum Gasteiger partial charge on any atom is -0.356 e. The van der Waals surface area contributed by atoms with E-state index in [0.717, 1.165) is 6.42 Å². The fourth-order valence-corrected chi connectivity index (χ4v) is 4.57. The Hall–Kier alpha value is -2.19. The molecule has 0 aliphatic carbocycles. The molecule has 2 aromatic rings. The third-order valence-electron chi connectivity index (χ3n) is 4.67. The Morgan fingerprint density at radius 2 is 1.92 bits per heavy atom. The molecule has 0 bridgehead atoms. The number of rotatable bonds is 6. The van der Waals surface area contributed by atoms with Crippen molar-refractivity contribution in [2.24, 2.45) is 13.0 Å². The van der Waals surface area contributed by atoms with Crippen molar-refractivity contribution in [3.8, 4) is 0 Å². The molecule has 2 heterocycles. The number of amides is 1. The molecular weight excluding hydrogens is 352 g/mol. The van der Waals surface area contributed by atoms with Gasteiger partial charge >= 0.3 is 0 Å². The molecule has 1 aliphatic heterocycles. The second kappa shape index (κ2) is 8.01. The average molecular weight is 376 g/mol. The molecule has 0 unspecified atom stereocenters. The summed E-state index contributed by atoms with van der Waals surface area (Å²) in [5.74, 6) is -0.128. The van der Waals surface area contributed by atoms with Gasteiger partial charge in [-0.25, -0.2) is 13.4 Å². The highest BCUT2D eigenvalue weighted by Crippen LogP contribution is 2.23. The highest BCUT2D eigenvalue weighted by atomic mass is 32.2. The smallest absolute Gasteiger partial charge is 0.262 e. The lowest BCUT2D eigenvalue weighted by Gasteiger charge is -2.29. The van der Waals surface area contributed by atoms with Gasteiger partial charge in [0.05, 0.1) is 6.33 Å². The van der Waals surface area contributed by atoms with Crippen LogP contribution in [0.5, 0.6) is 0 Å². The van der Waals surface area contributed by atoms with Crippen molar-refractivity contribution in [2.75, 3.05) is 19.6 Å². The number of carbonyl (C=O) groups is 1. The van der Waals surface area contributed by atoms with E-state index in [9.17, 15) is 13.2 Å². The van der Waals surface area contributed by atoms with Gasteiger partial charge in [0, 0.05) is 38.8 Å². The minimum absolute atomic E-state index is 0.0100. The molecule has 7 nitrogen and oxygen atoms in total. The molecule has 8 heteroatoms. The number of carbonyl (C=O) groups excluding carboxylic acids is 1. The third kappa shape index (κ3) is 4.31. The summed E-state index contributed by atoms with van der Waals surface area (Å²) >= 11 is 0. The Balaban J connectivity index is 1.48. The van der Waals surface area contributed by atoms with E-state index in [0.29, 0.717) is 32.5 Å². The van der Waals surface area contributed by atoms with E-state index < -0.39 is 10.0 Å². The van der Waals surface area contributed by atoms with Crippen molar-refractivity contribution in [2.45, 2.75) is 24.3 Å². The van der Waals surface area contributed by atoms with Crippen molar-refractivity contribution >= 4 is 15.9 Å². The summed E-state index contributed by atoms with van der Waals surface area (Å²) in [6, 6.07) is 10.00. The maximum absolute atomic E-state index is 12.6. The van der Waals surface area contributed by atoms with Gasteiger partial charge in [-0.3, -0.25) is 4.79 Å². The zero-order valence-electron chi connectivity index (χ0n) is 14.8. The van der Waals surface area contributed by atoms with Gasteiger partial charge in [0.15, 0.2) is 5.03 Å². The molecule has 1 aromatic carbocycles. The number of hydrogen-bond donors (Lipinski definition) is 1. The molecule has 1 fully saturated rings. The standard InChI is InChI=1S/C18H24N4O3S/c1-21-13-17(20-14-21)26(24,25)22-11-8-16(9-12-22)18(23)19-10-7-15-5-3-2-4-6-15/h2-6,13-14,16H,7-12H2,1H3,(H,19,23). The summed E-state index contributed by atoms with van der Waals surface area (Å²) in [6.07, 6.45) is 4.82. The lowest BCUT2D eigenvalue weighted by molar-refractivity contribution is -0.126. The number of aromatic nitrogens is 2.